The predicted octanol–water partition coefficient (Wildman–Crippen LogP) is 2.67. The van der Waals surface area contributed by atoms with Crippen molar-refractivity contribution in [3.8, 4) is 0 Å². The number of nitrogens with zero attached hydrogens (tertiary/aromatic N) is 2. The van der Waals surface area contributed by atoms with E-state index < -0.39 is 11.6 Å². The lowest BCUT2D eigenvalue weighted by atomic mass is 10.2. The van der Waals surface area contributed by atoms with Gasteiger partial charge in [-0.2, -0.15) is 0 Å². The lowest BCUT2D eigenvalue weighted by molar-refractivity contribution is -0.137. The number of carboxylic acids is 1. The number of carboxylic acid groups (broad SMARTS) is 1. The molecule has 0 aliphatic carbocycles. The highest BCUT2D eigenvalue weighted by atomic mass is 16.6. The number of carbonyl (C=O) groups excluding carboxylic acids is 1. The molecule has 1 aromatic rings. The second-order valence-electron chi connectivity index (χ2n) is 5.73. The summed E-state index contributed by atoms with van der Waals surface area (Å²) < 4.78 is 7.07. The van der Waals surface area contributed by atoms with Gasteiger partial charge < -0.3 is 19.7 Å². The summed E-state index contributed by atoms with van der Waals surface area (Å²) in [6, 6.07) is 0. The molecule has 1 amide bonds. The quantitative estimate of drug-likeness (QED) is 0.788. The normalized spacial score (nSPS) is 10.4. The first-order valence-electron chi connectivity index (χ1n) is 7.39. The molecule has 0 spiro atoms. The molecule has 1 rings (SSSR count). The van der Waals surface area contributed by atoms with Gasteiger partial charge in [0, 0.05) is 31.9 Å². The molecule has 1 heterocycles. The van der Waals surface area contributed by atoms with Crippen LogP contribution in [0.25, 0.3) is 0 Å². The fraction of sp³-hybridized carbons (Fsp3) is 0.667. The number of aryl methyl sites for hydroxylation is 1. The van der Waals surface area contributed by atoms with Crippen molar-refractivity contribution in [1.29, 1.82) is 0 Å². The zero-order chi connectivity index (χ0) is 17.0. The number of nitrogens with one attached hydrogen (secondary N) is 1. The summed E-state index contributed by atoms with van der Waals surface area (Å²) in [6.07, 6.45) is 6.91. The van der Waals surface area contributed by atoms with Crippen LogP contribution in [0.15, 0.2) is 18.7 Å². The monoisotopic (exact) mass is 313 g/mol. The smallest absolute Gasteiger partial charge is 0.407 e. The lowest BCUT2D eigenvalue weighted by Crippen LogP contribution is -2.33. The van der Waals surface area contributed by atoms with Gasteiger partial charge in [-0.1, -0.05) is 6.92 Å². The Labute approximate surface area is 131 Å². The van der Waals surface area contributed by atoms with Crippen LogP contribution in [0.2, 0.25) is 0 Å². The molecule has 126 valence electrons. The van der Waals surface area contributed by atoms with Crippen LogP contribution >= 0.6 is 0 Å². The number of imidazole rings is 1. The molecule has 0 saturated carbocycles. The maximum Gasteiger partial charge on any atom is 0.407 e. The van der Waals surface area contributed by atoms with E-state index in [1.807, 2.05) is 38.5 Å². The number of aliphatic carboxylic acids is 1. The van der Waals surface area contributed by atoms with Gasteiger partial charge in [-0.15, -0.1) is 0 Å². The van der Waals surface area contributed by atoms with E-state index in [2.05, 4.69) is 10.3 Å². The van der Waals surface area contributed by atoms with Gasteiger partial charge >= 0.3 is 12.1 Å². The van der Waals surface area contributed by atoms with Gasteiger partial charge in [0.05, 0.1) is 6.33 Å². The van der Waals surface area contributed by atoms with Crippen LogP contribution < -0.4 is 5.32 Å². The number of alkyl carbamates (subject to hydrolysis) is 1. The van der Waals surface area contributed by atoms with Crippen LogP contribution in [0, 0.1) is 0 Å². The van der Waals surface area contributed by atoms with Crippen molar-refractivity contribution in [1.82, 2.24) is 14.9 Å². The maximum absolute atomic E-state index is 11.3. The SMILES string of the molecule is CC(C)(C)OC(=O)NCCCn1ccnc1.CCCC(=O)O. The second-order valence-corrected chi connectivity index (χ2v) is 5.73. The highest BCUT2D eigenvalue weighted by Crippen LogP contribution is 2.06. The molecular formula is C15H27N3O4. The molecular weight excluding hydrogens is 286 g/mol. The molecule has 0 atom stereocenters. The molecule has 7 nitrogen and oxygen atoms in total. The second kappa shape index (κ2) is 10.6. The molecule has 0 radical (unpaired) electrons. The highest BCUT2D eigenvalue weighted by Gasteiger charge is 2.15. The number of aromatic nitrogens is 2. The number of rotatable bonds is 6. The molecule has 0 aromatic carbocycles. The Balaban J connectivity index is 0.000000626. The van der Waals surface area contributed by atoms with Crippen molar-refractivity contribution in [2.24, 2.45) is 0 Å². The highest BCUT2D eigenvalue weighted by molar-refractivity contribution is 5.67. The van der Waals surface area contributed by atoms with E-state index in [4.69, 9.17) is 9.84 Å². The minimum atomic E-state index is -0.711. The summed E-state index contributed by atoms with van der Waals surface area (Å²) in [4.78, 5) is 24.8. The third kappa shape index (κ3) is 13.0. The summed E-state index contributed by atoms with van der Waals surface area (Å²) in [7, 11) is 0. The number of ether oxygens (including phenoxy) is 1. The van der Waals surface area contributed by atoms with Crippen molar-refractivity contribution >= 4 is 12.1 Å². The van der Waals surface area contributed by atoms with Gasteiger partial charge in [0.2, 0.25) is 0 Å². The van der Waals surface area contributed by atoms with E-state index in [1.165, 1.54) is 0 Å². The Bertz CT molecular complexity index is 424. The van der Waals surface area contributed by atoms with Crippen LogP contribution in [-0.2, 0) is 16.1 Å². The number of hydrogen-bond acceptors (Lipinski definition) is 4. The molecule has 0 saturated heterocycles. The summed E-state index contributed by atoms with van der Waals surface area (Å²) in [6.45, 7) is 8.82. The molecule has 0 aliphatic rings. The van der Waals surface area contributed by atoms with Crippen molar-refractivity contribution in [2.45, 2.75) is 59.1 Å². The van der Waals surface area contributed by atoms with E-state index in [9.17, 15) is 9.59 Å². The van der Waals surface area contributed by atoms with Gasteiger partial charge in [0.25, 0.3) is 0 Å². The summed E-state index contributed by atoms with van der Waals surface area (Å²) in [5, 5.41) is 10.6. The van der Waals surface area contributed by atoms with Gasteiger partial charge in [0.1, 0.15) is 5.60 Å². The molecule has 0 unspecified atom stereocenters. The number of hydrogen-bond donors (Lipinski definition) is 2. The maximum atomic E-state index is 11.3. The van der Waals surface area contributed by atoms with Crippen LogP contribution in [0.3, 0.4) is 0 Å². The lowest BCUT2D eigenvalue weighted by Gasteiger charge is -2.19. The largest absolute Gasteiger partial charge is 0.481 e. The fourth-order valence-corrected chi connectivity index (χ4v) is 1.40. The number of carbonyl (C=O) groups is 2. The molecule has 0 aliphatic heterocycles. The van der Waals surface area contributed by atoms with Crippen molar-refractivity contribution in [3.63, 3.8) is 0 Å². The molecule has 7 heteroatoms. The van der Waals surface area contributed by atoms with E-state index >= 15 is 0 Å². The average molecular weight is 313 g/mol. The predicted molar refractivity (Wildman–Crippen MR) is 83.6 cm³/mol. The Morgan fingerprint density at radius 1 is 1.36 bits per heavy atom. The third-order valence-corrected chi connectivity index (χ3v) is 2.28. The summed E-state index contributed by atoms with van der Waals surface area (Å²) in [5.74, 6) is -0.711. The van der Waals surface area contributed by atoms with E-state index in [1.54, 1.807) is 12.5 Å². The minimum Gasteiger partial charge on any atom is -0.481 e. The Morgan fingerprint density at radius 2 is 2.05 bits per heavy atom. The first-order chi connectivity index (χ1) is 10.2. The van der Waals surface area contributed by atoms with Crippen molar-refractivity contribution in [2.75, 3.05) is 6.54 Å². The first-order valence-corrected chi connectivity index (χ1v) is 7.39. The Morgan fingerprint density at radius 3 is 2.45 bits per heavy atom. The van der Waals surface area contributed by atoms with Crippen LogP contribution in [0.5, 0.6) is 0 Å². The third-order valence-electron chi connectivity index (χ3n) is 2.28. The standard InChI is InChI=1S/C11H19N3O2.C4H8O2/c1-11(2,3)16-10(15)13-5-4-7-14-8-6-12-9-14;1-2-3-4(5)6/h6,8-9H,4-5,7H2,1-3H3,(H,13,15);2-3H2,1H3,(H,5,6). The molecule has 1 aromatic heterocycles. The first kappa shape index (κ1) is 19.9. The molecule has 0 fully saturated rings. The summed E-state index contributed by atoms with van der Waals surface area (Å²) >= 11 is 0. The van der Waals surface area contributed by atoms with Crippen LogP contribution in [-0.4, -0.2) is 38.9 Å². The Hall–Kier alpha value is -2.05. The van der Waals surface area contributed by atoms with Gasteiger partial charge in [-0.05, 0) is 33.6 Å². The fourth-order valence-electron chi connectivity index (χ4n) is 1.40. The van der Waals surface area contributed by atoms with Gasteiger partial charge in [0.15, 0.2) is 0 Å². The van der Waals surface area contributed by atoms with Gasteiger partial charge in [-0.3, -0.25) is 4.79 Å². The summed E-state index contributed by atoms with van der Waals surface area (Å²) in [5.41, 5.74) is -0.436. The van der Waals surface area contributed by atoms with Crippen molar-refractivity contribution in [3.05, 3.63) is 18.7 Å². The molecule has 2 N–H and O–H groups in total. The van der Waals surface area contributed by atoms with Crippen molar-refractivity contribution < 1.29 is 19.4 Å². The van der Waals surface area contributed by atoms with Crippen LogP contribution in [0.1, 0.15) is 47.0 Å². The van der Waals surface area contributed by atoms with E-state index in [0.717, 1.165) is 19.4 Å². The molecule has 22 heavy (non-hydrogen) atoms. The van der Waals surface area contributed by atoms with E-state index in [0.29, 0.717) is 13.0 Å². The minimum absolute atomic E-state index is 0.292. The zero-order valence-corrected chi connectivity index (χ0v) is 13.8. The average Bonchev–Trinajstić information content (AvgIpc) is 2.86. The van der Waals surface area contributed by atoms with Gasteiger partial charge in [-0.25, -0.2) is 9.78 Å². The molecule has 0 bridgehead atoms. The zero-order valence-electron chi connectivity index (χ0n) is 13.8. The number of amides is 1. The van der Waals surface area contributed by atoms with E-state index in [-0.39, 0.29) is 6.09 Å². The topological polar surface area (TPSA) is 93.5 Å². The van der Waals surface area contributed by atoms with Crippen LogP contribution in [0.4, 0.5) is 4.79 Å². The Kier molecular flexibility index (Phi) is 9.65.